The minimum absolute atomic E-state index is 0.0948. The maximum atomic E-state index is 13.0. The van der Waals surface area contributed by atoms with Gasteiger partial charge in [-0.25, -0.2) is 14.6 Å². The Balaban J connectivity index is 2.05. The Kier molecular flexibility index (Phi) is 9.28. The molecule has 3 rings (SSSR count). The molecular formula is C29H33N5O4. The Morgan fingerprint density at radius 2 is 1.74 bits per heavy atom. The van der Waals surface area contributed by atoms with Crippen LogP contribution in [0.15, 0.2) is 54.7 Å². The molecule has 3 aromatic rings. The fraction of sp³-hybridized carbons (Fsp3) is 0.310. The second kappa shape index (κ2) is 12.6. The van der Waals surface area contributed by atoms with Gasteiger partial charge in [-0.3, -0.25) is 0 Å². The number of carboxylic acid groups (broad SMARTS) is 1. The van der Waals surface area contributed by atoms with Gasteiger partial charge in [-0.05, 0) is 65.4 Å². The van der Waals surface area contributed by atoms with Crippen molar-refractivity contribution in [3.8, 4) is 22.9 Å². The number of nitrogens with zero attached hydrogens (tertiary/aromatic N) is 3. The van der Waals surface area contributed by atoms with Crippen molar-refractivity contribution in [2.45, 2.75) is 27.7 Å². The van der Waals surface area contributed by atoms with Crippen LogP contribution in [0, 0.1) is 23.2 Å². The molecule has 0 spiro atoms. The maximum Gasteiger partial charge on any atom is 0.336 e. The van der Waals surface area contributed by atoms with E-state index in [4.69, 9.17) is 10.00 Å². The largest absolute Gasteiger partial charge is 0.497 e. The molecule has 3 N–H and O–H groups in total. The van der Waals surface area contributed by atoms with Gasteiger partial charge in [0.15, 0.2) is 0 Å². The van der Waals surface area contributed by atoms with Crippen LogP contribution in [0.25, 0.3) is 11.1 Å². The molecule has 1 aromatic heterocycles. The maximum absolute atomic E-state index is 13.0. The lowest BCUT2D eigenvalue weighted by molar-refractivity contribution is 0.0697. The van der Waals surface area contributed by atoms with Crippen LogP contribution in [0.3, 0.4) is 0 Å². The molecule has 1 heterocycles. The number of benzene rings is 2. The van der Waals surface area contributed by atoms with Crippen LogP contribution in [0.4, 0.5) is 21.9 Å². The summed E-state index contributed by atoms with van der Waals surface area (Å²) in [5, 5.41) is 24.5. The van der Waals surface area contributed by atoms with Gasteiger partial charge >= 0.3 is 12.0 Å². The van der Waals surface area contributed by atoms with Crippen LogP contribution in [0.5, 0.6) is 5.75 Å². The van der Waals surface area contributed by atoms with Crippen molar-refractivity contribution in [3.05, 3.63) is 66.0 Å². The number of carbonyl (C=O) groups excluding carboxylic acids is 1. The number of carbonyl (C=O) groups is 2. The third kappa shape index (κ3) is 7.23. The number of hydrogen-bond donors (Lipinski definition) is 3. The molecule has 0 aliphatic heterocycles. The Morgan fingerprint density at radius 1 is 1.03 bits per heavy atom. The van der Waals surface area contributed by atoms with E-state index in [1.54, 1.807) is 24.3 Å². The van der Waals surface area contributed by atoms with E-state index in [2.05, 4.69) is 48.2 Å². The Hall–Kier alpha value is -4.58. The van der Waals surface area contributed by atoms with Gasteiger partial charge < -0.3 is 25.4 Å². The number of ether oxygens (including phenoxy) is 1. The summed E-state index contributed by atoms with van der Waals surface area (Å²) in [7, 11) is 1.48. The standard InChI is InChI=1S/C29H33N5O4/c1-18(2)16-34(17-19(3)4)27-11-6-20(24-10-9-23(38-5)13-25(24)28(35)36)12-26(27)33-29(37)32-22-8-7-21(14-30)31-15-22/h6-13,15,18-19H,16-17H2,1-5H3,(H,35,36)(H2,32,33,37). The number of pyridine rings is 1. The summed E-state index contributed by atoms with van der Waals surface area (Å²) in [6.45, 7) is 10.1. The number of aromatic nitrogens is 1. The molecular weight excluding hydrogens is 482 g/mol. The summed E-state index contributed by atoms with van der Waals surface area (Å²) in [4.78, 5) is 31.3. The van der Waals surface area contributed by atoms with Crippen molar-refractivity contribution >= 4 is 29.1 Å². The van der Waals surface area contributed by atoms with Gasteiger partial charge in [0.1, 0.15) is 17.5 Å². The van der Waals surface area contributed by atoms with Gasteiger partial charge in [0, 0.05) is 13.1 Å². The predicted octanol–water partition coefficient (Wildman–Crippen LogP) is 6.09. The molecule has 0 saturated carbocycles. The number of methoxy groups -OCH3 is 1. The first-order valence-corrected chi connectivity index (χ1v) is 12.4. The van der Waals surface area contributed by atoms with E-state index in [1.165, 1.54) is 25.4 Å². The van der Waals surface area contributed by atoms with E-state index >= 15 is 0 Å². The van der Waals surface area contributed by atoms with E-state index in [0.717, 1.165) is 18.8 Å². The van der Waals surface area contributed by atoms with E-state index in [0.29, 0.717) is 40.1 Å². The topological polar surface area (TPSA) is 128 Å². The SMILES string of the molecule is COc1ccc(-c2ccc(N(CC(C)C)CC(C)C)c(NC(=O)Nc3ccc(C#N)nc3)c2)c(C(=O)O)c1. The molecule has 0 saturated heterocycles. The first-order chi connectivity index (χ1) is 18.1. The molecule has 2 amide bonds. The van der Waals surface area contributed by atoms with Crippen molar-refractivity contribution in [3.63, 3.8) is 0 Å². The van der Waals surface area contributed by atoms with E-state index < -0.39 is 12.0 Å². The highest BCUT2D eigenvalue weighted by atomic mass is 16.5. The van der Waals surface area contributed by atoms with Crippen LogP contribution < -0.4 is 20.3 Å². The van der Waals surface area contributed by atoms with E-state index in [1.807, 2.05) is 18.2 Å². The molecule has 0 fully saturated rings. The number of urea groups is 1. The quantitative estimate of drug-likeness (QED) is 0.298. The summed E-state index contributed by atoms with van der Waals surface area (Å²) < 4.78 is 5.21. The number of nitriles is 1. The summed E-state index contributed by atoms with van der Waals surface area (Å²) in [6, 6.07) is 15.0. The second-order valence-electron chi connectivity index (χ2n) is 9.76. The molecule has 0 atom stereocenters. The molecule has 0 bridgehead atoms. The Morgan fingerprint density at radius 3 is 2.29 bits per heavy atom. The van der Waals surface area contributed by atoms with Gasteiger partial charge in [-0.1, -0.05) is 33.8 Å². The number of anilines is 3. The van der Waals surface area contributed by atoms with Crippen LogP contribution in [-0.4, -0.2) is 42.3 Å². The molecule has 2 aromatic carbocycles. The second-order valence-corrected chi connectivity index (χ2v) is 9.76. The zero-order chi connectivity index (χ0) is 27.8. The smallest absolute Gasteiger partial charge is 0.336 e. The van der Waals surface area contributed by atoms with Crippen LogP contribution in [-0.2, 0) is 0 Å². The number of aromatic carboxylic acids is 1. The fourth-order valence-electron chi connectivity index (χ4n) is 4.13. The molecule has 198 valence electrons. The summed E-state index contributed by atoms with van der Waals surface area (Å²) in [5.74, 6) is 0.112. The monoisotopic (exact) mass is 515 g/mol. The average molecular weight is 516 g/mol. The van der Waals surface area contributed by atoms with E-state index in [9.17, 15) is 14.7 Å². The van der Waals surface area contributed by atoms with Crippen LogP contribution in [0.2, 0.25) is 0 Å². The van der Waals surface area contributed by atoms with Crippen molar-refractivity contribution in [1.82, 2.24) is 4.98 Å². The third-order valence-electron chi connectivity index (χ3n) is 5.66. The molecule has 0 unspecified atom stereocenters. The van der Waals surface area contributed by atoms with Gasteiger partial charge in [-0.15, -0.1) is 0 Å². The number of nitrogens with one attached hydrogen (secondary N) is 2. The Labute approximate surface area is 223 Å². The Bertz CT molecular complexity index is 1320. The molecule has 0 aliphatic carbocycles. The highest BCUT2D eigenvalue weighted by Crippen LogP contribution is 2.35. The summed E-state index contributed by atoms with van der Waals surface area (Å²) >= 11 is 0. The minimum Gasteiger partial charge on any atom is -0.497 e. The van der Waals surface area contributed by atoms with Crippen molar-refractivity contribution in [2.24, 2.45) is 11.8 Å². The molecule has 9 heteroatoms. The third-order valence-corrected chi connectivity index (χ3v) is 5.66. The van der Waals surface area contributed by atoms with E-state index in [-0.39, 0.29) is 11.3 Å². The van der Waals surface area contributed by atoms with Gasteiger partial charge in [0.25, 0.3) is 0 Å². The molecule has 0 aliphatic rings. The summed E-state index contributed by atoms with van der Waals surface area (Å²) in [5.41, 5.74) is 3.28. The first kappa shape index (κ1) is 28.0. The van der Waals surface area contributed by atoms with Gasteiger partial charge in [-0.2, -0.15) is 5.26 Å². The lowest BCUT2D eigenvalue weighted by Gasteiger charge is -2.31. The highest BCUT2D eigenvalue weighted by Gasteiger charge is 2.19. The van der Waals surface area contributed by atoms with Gasteiger partial charge in [0.05, 0.1) is 35.9 Å². The predicted molar refractivity (Wildman–Crippen MR) is 149 cm³/mol. The van der Waals surface area contributed by atoms with Crippen molar-refractivity contribution in [1.29, 1.82) is 5.26 Å². The van der Waals surface area contributed by atoms with Crippen molar-refractivity contribution in [2.75, 3.05) is 35.7 Å². The molecule has 0 radical (unpaired) electrons. The van der Waals surface area contributed by atoms with Crippen LogP contribution >= 0.6 is 0 Å². The lowest BCUT2D eigenvalue weighted by Crippen LogP contribution is -2.32. The lowest BCUT2D eigenvalue weighted by atomic mass is 9.97. The zero-order valence-corrected chi connectivity index (χ0v) is 22.3. The number of hydrogen-bond acceptors (Lipinski definition) is 6. The highest BCUT2D eigenvalue weighted by molar-refractivity contribution is 6.03. The number of carboxylic acids is 1. The van der Waals surface area contributed by atoms with Crippen LogP contribution in [0.1, 0.15) is 43.7 Å². The molecule has 9 nitrogen and oxygen atoms in total. The minimum atomic E-state index is -1.08. The number of rotatable bonds is 10. The van der Waals surface area contributed by atoms with Gasteiger partial charge in [0.2, 0.25) is 0 Å². The number of amides is 2. The normalized spacial score (nSPS) is 10.7. The average Bonchev–Trinajstić information content (AvgIpc) is 2.87. The summed E-state index contributed by atoms with van der Waals surface area (Å²) in [6.07, 6.45) is 1.41. The molecule has 38 heavy (non-hydrogen) atoms. The zero-order valence-electron chi connectivity index (χ0n) is 22.3. The first-order valence-electron chi connectivity index (χ1n) is 12.4. The fourth-order valence-corrected chi connectivity index (χ4v) is 4.13. The van der Waals surface area contributed by atoms with Crippen molar-refractivity contribution < 1.29 is 19.4 Å².